The molecule has 2 aromatic heterocycles. The summed E-state index contributed by atoms with van der Waals surface area (Å²) in [5.41, 5.74) is 0.289. The van der Waals surface area contributed by atoms with E-state index in [4.69, 9.17) is 0 Å². The summed E-state index contributed by atoms with van der Waals surface area (Å²) in [6.07, 6.45) is 4.87. The van der Waals surface area contributed by atoms with Gasteiger partial charge in [-0.25, -0.2) is 9.97 Å². The average Bonchev–Trinajstić information content (AvgIpc) is 2.56. The highest BCUT2D eigenvalue weighted by Crippen LogP contribution is 2.11. The first-order valence-electron chi connectivity index (χ1n) is 6.74. The van der Waals surface area contributed by atoms with Crippen LogP contribution in [0.3, 0.4) is 0 Å². The molecule has 1 aliphatic rings. The molecular formula is C14H15N5O2. The standard InChI is InChI=1S/C14H15N5O2/c20-12-3-2-11(10-17-12)13(21)18-6-8-19(9-7-18)14-15-4-1-5-16-14/h1-5,10H,6-9H2,(H,17,20). The maximum Gasteiger partial charge on any atom is 0.255 e. The predicted molar refractivity (Wildman–Crippen MR) is 77.2 cm³/mol. The molecule has 1 amide bonds. The Kier molecular flexibility index (Phi) is 3.63. The van der Waals surface area contributed by atoms with E-state index >= 15 is 0 Å². The van der Waals surface area contributed by atoms with Gasteiger partial charge in [-0.05, 0) is 12.1 Å². The fourth-order valence-electron chi connectivity index (χ4n) is 2.29. The molecule has 7 nitrogen and oxygen atoms in total. The molecule has 7 heteroatoms. The number of rotatable bonds is 2. The lowest BCUT2D eigenvalue weighted by Gasteiger charge is -2.34. The fraction of sp³-hybridized carbons (Fsp3) is 0.286. The van der Waals surface area contributed by atoms with E-state index in [1.807, 2.05) is 0 Å². The van der Waals surface area contributed by atoms with Crippen molar-refractivity contribution in [1.29, 1.82) is 0 Å². The SMILES string of the molecule is O=C(c1ccc(=O)[nH]c1)N1CCN(c2ncccn2)CC1. The molecule has 0 spiro atoms. The van der Waals surface area contributed by atoms with Crippen LogP contribution in [-0.2, 0) is 0 Å². The van der Waals surface area contributed by atoms with E-state index in [9.17, 15) is 9.59 Å². The number of anilines is 1. The average molecular weight is 285 g/mol. The highest BCUT2D eigenvalue weighted by atomic mass is 16.2. The van der Waals surface area contributed by atoms with Gasteiger partial charge in [0.2, 0.25) is 11.5 Å². The van der Waals surface area contributed by atoms with Gasteiger partial charge in [-0.15, -0.1) is 0 Å². The van der Waals surface area contributed by atoms with Crippen LogP contribution in [0, 0.1) is 0 Å². The third kappa shape index (κ3) is 2.91. The van der Waals surface area contributed by atoms with Crippen LogP contribution in [-0.4, -0.2) is 51.9 Å². The van der Waals surface area contributed by atoms with Crippen molar-refractivity contribution < 1.29 is 4.79 Å². The van der Waals surface area contributed by atoms with Crippen LogP contribution in [0.1, 0.15) is 10.4 Å². The number of aromatic amines is 1. The largest absolute Gasteiger partial charge is 0.337 e. The molecule has 0 unspecified atom stereocenters. The Morgan fingerprint density at radius 2 is 1.81 bits per heavy atom. The molecule has 3 rings (SSSR count). The van der Waals surface area contributed by atoms with Gasteiger partial charge in [-0.1, -0.05) is 0 Å². The summed E-state index contributed by atoms with van der Waals surface area (Å²) in [5, 5.41) is 0. The van der Waals surface area contributed by atoms with Crippen molar-refractivity contribution >= 4 is 11.9 Å². The molecule has 0 aliphatic carbocycles. The number of H-pyrrole nitrogens is 1. The summed E-state index contributed by atoms with van der Waals surface area (Å²) >= 11 is 0. The Morgan fingerprint density at radius 1 is 1.10 bits per heavy atom. The Hall–Kier alpha value is -2.70. The lowest BCUT2D eigenvalue weighted by Crippen LogP contribution is -2.49. The van der Waals surface area contributed by atoms with Crippen molar-refractivity contribution in [2.75, 3.05) is 31.1 Å². The van der Waals surface area contributed by atoms with Crippen LogP contribution in [0.2, 0.25) is 0 Å². The van der Waals surface area contributed by atoms with Gasteiger partial charge in [0.1, 0.15) is 0 Å². The third-order valence-electron chi connectivity index (χ3n) is 3.43. The molecule has 2 aromatic rings. The minimum Gasteiger partial charge on any atom is -0.337 e. The van der Waals surface area contributed by atoms with Crippen molar-refractivity contribution in [3.8, 4) is 0 Å². The van der Waals surface area contributed by atoms with E-state index < -0.39 is 0 Å². The van der Waals surface area contributed by atoms with Crippen molar-refractivity contribution in [3.63, 3.8) is 0 Å². The van der Waals surface area contributed by atoms with Crippen LogP contribution in [0.15, 0.2) is 41.6 Å². The molecular weight excluding hydrogens is 270 g/mol. The smallest absolute Gasteiger partial charge is 0.255 e. The van der Waals surface area contributed by atoms with E-state index in [0.29, 0.717) is 37.7 Å². The molecule has 21 heavy (non-hydrogen) atoms. The monoisotopic (exact) mass is 285 g/mol. The van der Waals surface area contributed by atoms with Gasteiger partial charge in [-0.3, -0.25) is 9.59 Å². The Balaban J connectivity index is 1.64. The zero-order chi connectivity index (χ0) is 14.7. The third-order valence-corrected chi connectivity index (χ3v) is 3.43. The number of nitrogens with zero attached hydrogens (tertiary/aromatic N) is 4. The van der Waals surface area contributed by atoms with E-state index in [1.54, 1.807) is 29.4 Å². The molecule has 0 atom stereocenters. The van der Waals surface area contributed by atoms with Crippen molar-refractivity contribution in [2.45, 2.75) is 0 Å². The number of carbonyl (C=O) groups excluding carboxylic acids is 1. The molecule has 0 bridgehead atoms. The first kappa shape index (κ1) is 13.3. The molecule has 0 aromatic carbocycles. The van der Waals surface area contributed by atoms with E-state index in [1.165, 1.54) is 12.3 Å². The number of aromatic nitrogens is 3. The van der Waals surface area contributed by atoms with Gasteiger partial charge in [0, 0.05) is 50.8 Å². The van der Waals surface area contributed by atoms with Crippen LogP contribution >= 0.6 is 0 Å². The highest BCUT2D eigenvalue weighted by Gasteiger charge is 2.23. The molecule has 108 valence electrons. The summed E-state index contributed by atoms with van der Waals surface area (Å²) in [4.78, 5) is 38.1. The van der Waals surface area contributed by atoms with E-state index in [0.717, 1.165) is 0 Å². The number of amides is 1. The Morgan fingerprint density at radius 3 is 2.43 bits per heavy atom. The normalized spacial score (nSPS) is 15.0. The van der Waals surface area contributed by atoms with Crippen LogP contribution in [0.25, 0.3) is 0 Å². The Bertz CT molecular complexity index is 657. The van der Waals surface area contributed by atoms with Crippen LogP contribution < -0.4 is 10.5 Å². The first-order chi connectivity index (χ1) is 10.2. The zero-order valence-corrected chi connectivity index (χ0v) is 11.4. The molecule has 1 saturated heterocycles. The van der Waals surface area contributed by atoms with Gasteiger partial charge in [0.15, 0.2) is 0 Å². The second-order valence-corrected chi connectivity index (χ2v) is 4.77. The number of piperazine rings is 1. The first-order valence-corrected chi connectivity index (χ1v) is 6.74. The minimum atomic E-state index is -0.211. The second kappa shape index (κ2) is 5.74. The van der Waals surface area contributed by atoms with Crippen LogP contribution in [0.5, 0.6) is 0 Å². The predicted octanol–water partition coefficient (Wildman–Crippen LogP) is 0.127. The summed E-state index contributed by atoms with van der Waals surface area (Å²) in [5.74, 6) is 0.619. The molecule has 3 heterocycles. The molecule has 0 radical (unpaired) electrons. The molecule has 1 fully saturated rings. The summed E-state index contributed by atoms with van der Waals surface area (Å²) < 4.78 is 0. The number of hydrogen-bond acceptors (Lipinski definition) is 5. The Labute approximate surface area is 121 Å². The van der Waals surface area contributed by atoms with Gasteiger partial charge < -0.3 is 14.8 Å². The van der Waals surface area contributed by atoms with Crippen molar-refractivity contribution in [2.24, 2.45) is 0 Å². The van der Waals surface area contributed by atoms with Gasteiger partial charge in [0.05, 0.1) is 5.56 Å². The van der Waals surface area contributed by atoms with Gasteiger partial charge in [-0.2, -0.15) is 0 Å². The summed E-state index contributed by atoms with van der Waals surface area (Å²) in [7, 11) is 0. The molecule has 1 N–H and O–H groups in total. The molecule has 0 saturated carbocycles. The van der Waals surface area contributed by atoms with E-state index in [-0.39, 0.29) is 11.5 Å². The number of hydrogen-bond donors (Lipinski definition) is 1. The highest BCUT2D eigenvalue weighted by molar-refractivity contribution is 5.94. The number of carbonyl (C=O) groups is 1. The maximum atomic E-state index is 12.3. The topological polar surface area (TPSA) is 82.2 Å². The lowest BCUT2D eigenvalue weighted by molar-refractivity contribution is 0.0746. The lowest BCUT2D eigenvalue weighted by atomic mass is 10.2. The quantitative estimate of drug-likeness (QED) is 0.848. The van der Waals surface area contributed by atoms with Gasteiger partial charge >= 0.3 is 0 Å². The van der Waals surface area contributed by atoms with Crippen molar-refractivity contribution in [3.05, 3.63) is 52.7 Å². The van der Waals surface area contributed by atoms with Gasteiger partial charge in [0.25, 0.3) is 5.91 Å². The van der Waals surface area contributed by atoms with E-state index in [2.05, 4.69) is 19.9 Å². The zero-order valence-electron chi connectivity index (χ0n) is 11.4. The summed E-state index contributed by atoms with van der Waals surface area (Å²) in [6.45, 7) is 2.60. The molecule has 1 aliphatic heterocycles. The summed E-state index contributed by atoms with van der Waals surface area (Å²) in [6, 6.07) is 4.69. The second-order valence-electron chi connectivity index (χ2n) is 4.77. The van der Waals surface area contributed by atoms with Crippen LogP contribution in [0.4, 0.5) is 5.95 Å². The number of nitrogens with one attached hydrogen (secondary N) is 1. The maximum absolute atomic E-state index is 12.3. The number of pyridine rings is 1. The minimum absolute atomic E-state index is 0.0696. The van der Waals surface area contributed by atoms with Crippen molar-refractivity contribution in [1.82, 2.24) is 19.9 Å². The fourth-order valence-corrected chi connectivity index (χ4v) is 2.29.